The van der Waals surface area contributed by atoms with E-state index < -0.39 is 59.4 Å². The Hall–Kier alpha value is -4.88. The van der Waals surface area contributed by atoms with Gasteiger partial charge in [0, 0.05) is 64.2 Å². The highest BCUT2D eigenvalue weighted by atomic mass is 19.1. The molecule has 4 atom stereocenters. The summed E-state index contributed by atoms with van der Waals surface area (Å²) in [5.41, 5.74) is 0.0972. The van der Waals surface area contributed by atoms with E-state index in [-0.39, 0.29) is 49.3 Å². The van der Waals surface area contributed by atoms with Crippen molar-refractivity contribution in [2.24, 2.45) is 11.8 Å². The number of carbonyl (C=O) groups is 4. The number of piperidine rings is 1. The SMILES string of the molecule is CC(=O)O[C@@H](C)C(=O)N(C[C@@H]1CN(C(=O)OC(C)(C)C)C[C@@H]1F)[C@@H](c1nc(-c2cc(F)ccc2F)cn1Cc1ccccc1)C1CCN(C(C)=O)CC1. The fourth-order valence-corrected chi connectivity index (χ4v) is 7.14. The van der Waals surface area contributed by atoms with Gasteiger partial charge in [-0.2, -0.15) is 0 Å². The number of halogens is 3. The Morgan fingerprint density at radius 3 is 2.28 bits per heavy atom. The second kappa shape index (κ2) is 16.4. The zero-order valence-electron chi connectivity index (χ0n) is 31.1. The monoisotopic (exact) mass is 739 g/mol. The maximum absolute atomic E-state index is 16.0. The zero-order valence-corrected chi connectivity index (χ0v) is 31.1. The lowest BCUT2D eigenvalue weighted by molar-refractivity contribution is -0.160. The van der Waals surface area contributed by atoms with E-state index in [2.05, 4.69) is 0 Å². The summed E-state index contributed by atoms with van der Waals surface area (Å²) in [4.78, 5) is 61.3. The van der Waals surface area contributed by atoms with Gasteiger partial charge in [-0.15, -0.1) is 0 Å². The summed E-state index contributed by atoms with van der Waals surface area (Å²) >= 11 is 0. The molecule has 5 rings (SSSR count). The van der Waals surface area contributed by atoms with Crippen LogP contribution < -0.4 is 0 Å². The Kier molecular flexibility index (Phi) is 12.2. The van der Waals surface area contributed by atoms with Gasteiger partial charge in [-0.05, 0) is 70.2 Å². The molecule has 53 heavy (non-hydrogen) atoms. The predicted octanol–water partition coefficient (Wildman–Crippen LogP) is 6.16. The Bertz CT molecular complexity index is 1790. The van der Waals surface area contributed by atoms with Crippen molar-refractivity contribution >= 4 is 23.9 Å². The first-order valence-electron chi connectivity index (χ1n) is 17.9. The molecule has 0 radical (unpaired) electrons. The Morgan fingerprint density at radius 1 is 0.981 bits per heavy atom. The average molecular weight is 740 g/mol. The first kappa shape index (κ1) is 39.3. The molecule has 2 saturated heterocycles. The molecule has 2 aromatic carbocycles. The molecule has 0 bridgehead atoms. The van der Waals surface area contributed by atoms with Gasteiger partial charge < -0.3 is 28.7 Å². The molecule has 0 spiro atoms. The van der Waals surface area contributed by atoms with Crippen LogP contribution >= 0.6 is 0 Å². The first-order valence-corrected chi connectivity index (χ1v) is 17.9. The van der Waals surface area contributed by atoms with Gasteiger partial charge in [0.25, 0.3) is 5.91 Å². The average Bonchev–Trinajstić information content (AvgIpc) is 3.67. The van der Waals surface area contributed by atoms with E-state index in [1.54, 1.807) is 36.4 Å². The highest BCUT2D eigenvalue weighted by Crippen LogP contribution is 2.39. The third-order valence-corrected chi connectivity index (χ3v) is 9.66. The van der Waals surface area contributed by atoms with E-state index >= 15 is 8.78 Å². The molecular formula is C39H48F3N5O6. The number of aromatic nitrogens is 2. The van der Waals surface area contributed by atoms with Crippen molar-refractivity contribution in [3.8, 4) is 11.3 Å². The van der Waals surface area contributed by atoms with Crippen molar-refractivity contribution in [2.45, 2.75) is 84.8 Å². The second-order valence-electron chi connectivity index (χ2n) is 14.9. The van der Waals surface area contributed by atoms with Crippen LogP contribution in [-0.2, 0) is 30.4 Å². The molecule has 0 N–H and O–H groups in total. The number of benzene rings is 2. The number of amides is 3. The molecule has 11 nitrogen and oxygen atoms in total. The minimum Gasteiger partial charge on any atom is -0.453 e. The number of hydrogen-bond acceptors (Lipinski definition) is 7. The third-order valence-electron chi connectivity index (χ3n) is 9.66. The fraction of sp³-hybridized carbons (Fsp3) is 0.513. The molecule has 0 aliphatic carbocycles. The van der Waals surface area contributed by atoms with Crippen LogP contribution in [0.4, 0.5) is 18.0 Å². The van der Waals surface area contributed by atoms with Gasteiger partial charge >= 0.3 is 12.1 Å². The molecule has 2 aliphatic rings. The van der Waals surface area contributed by atoms with Gasteiger partial charge in [-0.25, -0.2) is 22.9 Å². The van der Waals surface area contributed by atoms with Gasteiger partial charge in [-0.3, -0.25) is 14.4 Å². The number of ether oxygens (including phenoxy) is 2. The van der Waals surface area contributed by atoms with Gasteiger partial charge in [0.05, 0.1) is 18.3 Å². The van der Waals surface area contributed by atoms with Crippen LogP contribution in [-0.4, -0.2) is 98.7 Å². The van der Waals surface area contributed by atoms with Gasteiger partial charge in [-0.1, -0.05) is 30.3 Å². The fourth-order valence-electron chi connectivity index (χ4n) is 7.14. The molecule has 3 aromatic rings. The number of nitrogens with zero attached hydrogens (tertiary/aromatic N) is 5. The molecular weight excluding hydrogens is 691 g/mol. The normalized spacial score (nSPS) is 19.1. The third kappa shape index (κ3) is 9.76. The summed E-state index contributed by atoms with van der Waals surface area (Å²) in [7, 11) is 0. The maximum atomic E-state index is 16.0. The van der Waals surface area contributed by atoms with E-state index in [1.165, 1.54) is 30.6 Å². The Morgan fingerprint density at radius 2 is 1.66 bits per heavy atom. The quantitative estimate of drug-likeness (QED) is 0.229. The van der Waals surface area contributed by atoms with Crippen molar-refractivity contribution in [1.29, 1.82) is 0 Å². The lowest BCUT2D eigenvalue weighted by Gasteiger charge is -2.42. The van der Waals surface area contributed by atoms with Crippen molar-refractivity contribution in [3.63, 3.8) is 0 Å². The zero-order chi connectivity index (χ0) is 38.6. The van der Waals surface area contributed by atoms with Crippen molar-refractivity contribution in [2.75, 3.05) is 32.7 Å². The van der Waals surface area contributed by atoms with Gasteiger partial charge in [0.15, 0.2) is 6.10 Å². The summed E-state index contributed by atoms with van der Waals surface area (Å²) in [6.07, 6.45) is -0.998. The molecule has 2 aliphatic heterocycles. The number of rotatable bonds is 10. The van der Waals surface area contributed by atoms with Crippen LogP contribution in [0.15, 0.2) is 54.7 Å². The molecule has 2 fully saturated rings. The van der Waals surface area contributed by atoms with Crippen molar-refractivity contribution in [1.82, 2.24) is 24.3 Å². The highest BCUT2D eigenvalue weighted by Gasteiger charge is 2.45. The molecule has 0 saturated carbocycles. The smallest absolute Gasteiger partial charge is 0.410 e. The Balaban J connectivity index is 1.64. The number of hydrogen-bond donors (Lipinski definition) is 0. The predicted molar refractivity (Wildman–Crippen MR) is 190 cm³/mol. The van der Waals surface area contributed by atoms with Gasteiger partial charge in [0.1, 0.15) is 29.2 Å². The summed E-state index contributed by atoms with van der Waals surface area (Å²) in [5, 5.41) is 0. The lowest BCUT2D eigenvalue weighted by atomic mass is 9.86. The summed E-state index contributed by atoms with van der Waals surface area (Å²) < 4.78 is 58.4. The molecule has 14 heteroatoms. The minimum absolute atomic E-state index is 0.0461. The number of esters is 1. The van der Waals surface area contributed by atoms with Crippen LogP contribution in [0.5, 0.6) is 0 Å². The second-order valence-corrected chi connectivity index (χ2v) is 14.9. The van der Waals surface area contributed by atoms with Crippen molar-refractivity contribution < 1.29 is 41.8 Å². The summed E-state index contributed by atoms with van der Waals surface area (Å²) in [5.74, 6) is -3.63. The molecule has 286 valence electrons. The minimum atomic E-state index is -1.52. The summed E-state index contributed by atoms with van der Waals surface area (Å²) in [6, 6.07) is 11.6. The standard InChI is InChI=1S/C39H48F3N5O6/c1-24(52-26(3)49)37(50)47(21-29-20-46(22-33(29)42)38(51)53-39(4,5)6)35(28-14-16-44(17-15-28)25(2)48)36-43-34(31-18-30(40)12-13-32(31)41)23-45(36)19-27-10-8-7-9-11-27/h7-13,18,23-24,28-29,33,35H,14-17,19-22H2,1-6H3/t24-,29-,33-,35+/m0/s1. The molecule has 3 amide bonds. The maximum Gasteiger partial charge on any atom is 0.410 e. The lowest BCUT2D eigenvalue weighted by Crippen LogP contribution is -2.50. The van der Waals surface area contributed by atoms with Crippen LogP contribution in [0.3, 0.4) is 0 Å². The van der Waals surface area contributed by atoms with Crippen LogP contribution in [0, 0.1) is 23.5 Å². The number of alkyl halides is 1. The van der Waals surface area contributed by atoms with Crippen LogP contribution in [0.25, 0.3) is 11.3 Å². The largest absolute Gasteiger partial charge is 0.453 e. The van der Waals surface area contributed by atoms with Crippen LogP contribution in [0.1, 0.15) is 71.8 Å². The van der Waals surface area contributed by atoms with E-state index in [0.29, 0.717) is 31.8 Å². The number of imidazole rings is 1. The highest BCUT2D eigenvalue weighted by molar-refractivity contribution is 5.83. The number of carbonyl (C=O) groups excluding carboxylic acids is 4. The van der Waals surface area contributed by atoms with E-state index in [0.717, 1.165) is 23.8 Å². The van der Waals surface area contributed by atoms with E-state index in [1.807, 2.05) is 30.3 Å². The van der Waals surface area contributed by atoms with E-state index in [9.17, 15) is 23.6 Å². The Labute approximate surface area is 308 Å². The molecule has 1 aromatic heterocycles. The number of likely N-dealkylation sites (tertiary alicyclic amines) is 2. The summed E-state index contributed by atoms with van der Waals surface area (Å²) in [6.45, 7) is 9.77. The topological polar surface area (TPSA) is 114 Å². The van der Waals surface area contributed by atoms with Crippen LogP contribution in [0.2, 0.25) is 0 Å². The van der Waals surface area contributed by atoms with Crippen molar-refractivity contribution in [3.05, 3.63) is 77.8 Å². The van der Waals surface area contributed by atoms with E-state index in [4.69, 9.17) is 14.5 Å². The molecule has 0 unspecified atom stereocenters. The van der Waals surface area contributed by atoms with Gasteiger partial charge in [0.2, 0.25) is 5.91 Å². The molecule has 3 heterocycles. The first-order chi connectivity index (χ1) is 25.0.